The van der Waals surface area contributed by atoms with Crippen LogP contribution in [0, 0.1) is 0 Å². The van der Waals surface area contributed by atoms with Crippen LogP contribution in [0.5, 0.6) is 0 Å². The van der Waals surface area contributed by atoms with Gasteiger partial charge in [-0.05, 0) is 18.4 Å². The molecule has 1 aromatic rings. The number of thioether (sulfide) groups is 1. The second kappa shape index (κ2) is 6.23. The van der Waals surface area contributed by atoms with E-state index >= 15 is 0 Å². The van der Waals surface area contributed by atoms with Crippen LogP contribution in [-0.4, -0.2) is 12.8 Å². The third kappa shape index (κ3) is 3.12. The fourth-order valence-corrected chi connectivity index (χ4v) is 2.19. The Morgan fingerprint density at radius 3 is 2.93 bits per heavy atom. The van der Waals surface area contributed by atoms with Crippen molar-refractivity contribution in [3.05, 3.63) is 34.8 Å². The van der Waals surface area contributed by atoms with Crippen LogP contribution in [0.2, 0.25) is 5.02 Å². The Morgan fingerprint density at radius 2 is 2.29 bits per heavy atom. The van der Waals surface area contributed by atoms with E-state index in [9.17, 15) is 0 Å². The molecule has 1 nitrogen and oxygen atoms in total. The summed E-state index contributed by atoms with van der Waals surface area (Å²) in [6.07, 6.45) is 3.84. The van der Waals surface area contributed by atoms with Crippen LogP contribution in [0.3, 0.4) is 0 Å². The number of hydrogen-bond acceptors (Lipinski definition) is 2. The third-order valence-electron chi connectivity index (χ3n) is 1.67. The molecule has 0 spiro atoms. The van der Waals surface area contributed by atoms with Crippen molar-refractivity contribution in [3.63, 3.8) is 0 Å². The van der Waals surface area contributed by atoms with E-state index in [1.165, 1.54) is 5.54 Å². The minimum atomic E-state index is 0.706. The molecule has 1 aromatic carbocycles. The van der Waals surface area contributed by atoms with Gasteiger partial charge >= 0.3 is 0 Å². The van der Waals surface area contributed by atoms with E-state index in [4.69, 9.17) is 23.2 Å². The minimum absolute atomic E-state index is 0.706. The molecule has 14 heavy (non-hydrogen) atoms. The molecule has 0 aliphatic heterocycles. The zero-order valence-electron chi connectivity index (χ0n) is 7.76. The molecule has 0 aliphatic rings. The lowest BCUT2D eigenvalue weighted by atomic mass is 10.3. The van der Waals surface area contributed by atoms with Crippen LogP contribution in [0.1, 0.15) is 0 Å². The van der Waals surface area contributed by atoms with E-state index in [0.717, 1.165) is 15.6 Å². The Hall–Kier alpha value is -0.310. The first-order chi connectivity index (χ1) is 6.79. The Morgan fingerprint density at radius 1 is 1.50 bits per heavy atom. The molecule has 1 N–H and O–H groups in total. The van der Waals surface area contributed by atoms with E-state index in [1.807, 2.05) is 30.5 Å². The molecule has 0 heterocycles. The number of benzene rings is 1. The van der Waals surface area contributed by atoms with Gasteiger partial charge in [-0.1, -0.05) is 35.3 Å². The highest BCUT2D eigenvalue weighted by molar-refractivity contribution is 7.98. The Labute approximate surface area is 98.5 Å². The molecule has 0 fully saturated rings. The predicted octanol–water partition coefficient (Wildman–Crippen LogP) is 4.23. The molecular weight excluding hydrogens is 237 g/mol. The number of hydrogen-bond donors (Lipinski definition) is 1. The molecular formula is C10H11Cl2NS. The van der Waals surface area contributed by atoms with Gasteiger partial charge in [0.1, 0.15) is 0 Å². The maximum absolute atomic E-state index is 6.04. The molecule has 0 amide bonds. The van der Waals surface area contributed by atoms with Gasteiger partial charge in [-0.25, -0.2) is 0 Å². The molecule has 0 aromatic heterocycles. The summed E-state index contributed by atoms with van der Waals surface area (Å²) in [7, 11) is 0. The van der Waals surface area contributed by atoms with E-state index in [-0.39, 0.29) is 0 Å². The number of nitrogens with one attached hydrogen (secondary N) is 1. The zero-order valence-corrected chi connectivity index (χ0v) is 10.1. The van der Waals surface area contributed by atoms with E-state index in [0.29, 0.717) is 6.54 Å². The lowest BCUT2D eigenvalue weighted by Crippen LogP contribution is -1.99. The standard InChI is InChI=1S/C10H11Cl2NS/c1-14-10-8(12)4-2-5-9(10)13-7-3-6-11/h2-6,13H,7H2,1H3/b6-3+. The summed E-state index contributed by atoms with van der Waals surface area (Å²) < 4.78 is 0. The molecule has 4 heteroatoms. The second-order valence-electron chi connectivity index (χ2n) is 2.56. The second-order valence-corrected chi connectivity index (χ2v) is 4.04. The van der Waals surface area contributed by atoms with Crippen molar-refractivity contribution in [3.8, 4) is 0 Å². The zero-order chi connectivity index (χ0) is 10.4. The Balaban J connectivity index is 2.79. The third-order valence-corrected chi connectivity index (χ3v) is 3.12. The Bertz CT molecular complexity index is 326. The number of halogens is 2. The van der Waals surface area contributed by atoms with Gasteiger partial charge in [0.25, 0.3) is 0 Å². The molecule has 0 unspecified atom stereocenters. The van der Waals surface area contributed by atoms with Crippen LogP contribution >= 0.6 is 35.0 Å². The van der Waals surface area contributed by atoms with E-state index in [2.05, 4.69) is 5.32 Å². The SMILES string of the molecule is CSc1c(Cl)cccc1NC/C=C/Cl. The normalized spacial score (nSPS) is 10.8. The summed E-state index contributed by atoms with van der Waals surface area (Å²) in [5.74, 6) is 0. The number of rotatable bonds is 4. The molecule has 0 saturated carbocycles. The maximum atomic E-state index is 6.04. The van der Waals surface area contributed by atoms with Crippen molar-refractivity contribution in [1.29, 1.82) is 0 Å². The van der Waals surface area contributed by atoms with Crippen LogP contribution in [0.25, 0.3) is 0 Å². The molecule has 1 rings (SSSR count). The first-order valence-electron chi connectivity index (χ1n) is 4.11. The molecule has 0 radical (unpaired) electrons. The quantitative estimate of drug-likeness (QED) is 0.800. The van der Waals surface area contributed by atoms with E-state index < -0.39 is 0 Å². The van der Waals surface area contributed by atoms with Gasteiger partial charge in [0.15, 0.2) is 0 Å². The lowest BCUT2D eigenvalue weighted by Gasteiger charge is -2.09. The fourth-order valence-electron chi connectivity index (χ4n) is 1.07. The predicted molar refractivity (Wildman–Crippen MR) is 66.7 cm³/mol. The highest BCUT2D eigenvalue weighted by Crippen LogP contribution is 2.32. The average Bonchev–Trinajstić information content (AvgIpc) is 2.18. The van der Waals surface area contributed by atoms with Crippen molar-refractivity contribution in [2.24, 2.45) is 0 Å². The highest BCUT2D eigenvalue weighted by atomic mass is 35.5. The van der Waals surface area contributed by atoms with Crippen molar-refractivity contribution < 1.29 is 0 Å². The fraction of sp³-hybridized carbons (Fsp3) is 0.200. The van der Waals surface area contributed by atoms with E-state index in [1.54, 1.807) is 11.8 Å². The van der Waals surface area contributed by atoms with Crippen molar-refractivity contribution >= 4 is 40.7 Å². The van der Waals surface area contributed by atoms with Gasteiger partial charge in [0, 0.05) is 22.7 Å². The van der Waals surface area contributed by atoms with Crippen LogP contribution in [0.4, 0.5) is 5.69 Å². The largest absolute Gasteiger partial charge is 0.381 e. The van der Waals surface area contributed by atoms with Gasteiger partial charge in [-0.3, -0.25) is 0 Å². The first kappa shape index (κ1) is 11.8. The van der Waals surface area contributed by atoms with Crippen LogP contribution in [-0.2, 0) is 0 Å². The molecule has 0 atom stereocenters. The van der Waals surface area contributed by atoms with Gasteiger partial charge in [0.05, 0.1) is 5.02 Å². The summed E-state index contributed by atoms with van der Waals surface area (Å²) in [5.41, 5.74) is 2.54. The van der Waals surface area contributed by atoms with Gasteiger partial charge in [-0.2, -0.15) is 0 Å². The molecule has 0 saturated heterocycles. The van der Waals surface area contributed by atoms with Crippen LogP contribution in [0.15, 0.2) is 34.7 Å². The highest BCUT2D eigenvalue weighted by Gasteiger charge is 2.03. The topological polar surface area (TPSA) is 12.0 Å². The maximum Gasteiger partial charge on any atom is 0.0562 e. The van der Waals surface area contributed by atoms with Crippen molar-refractivity contribution in [2.45, 2.75) is 4.90 Å². The first-order valence-corrected chi connectivity index (χ1v) is 6.15. The molecule has 0 bridgehead atoms. The summed E-state index contributed by atoms with van der Waals surface area (Å²) in [6, 6.07) is 5.81. The van der Waals surface area contributed by atoms with Crippen molar-refractivity contribution in [1.82, 2.24) is 0 Å². The summed E-state index contributed by atoms with van der Waals surface area (Å²) >= 11 is 13.1. The van der Waals surface area contributed by atoms with Gasteiger partial charge < -0.3 is 5.32 Å². The summed E-state index contributed by atoms with van der Waals surface area (Å²) in [5, 5.41) is 4.00. The molecule has 0 aliphatic carbocycles. The van der Waals surface area contributed by atoms with Crippen LogP contribution < -0.4 is 5.32 Å². The Kier molecular flexibility index (Phi) is 5.23. The smallest absolute Gasteiger partial charge is 0.0562 e. The average molecular weight is 248 g/mol. The molecule has 76 valence electrons. The summed E-state index contributed by atoms with van der Waals surface area (Å²) in [6.45, 7) is 0.706. The lowest BCUT2D eigenvalue weighted by molar-refractivity contribution is 1.29. The van der Waals surface area contributed by atoms with Gasteiger partial charge in [-0.15, -0.1) is 11.8 Å². The summed E-state index contributed by atoms with van der Waals surface area (Å²) in [4.78, 5) is 1.07. The minimum Gasteiger partial charge on any atom is -0.381 e. The number of anilines is 1. The van der Waals surface area contributed by atoms with Crippen molar-refractivity contribution in [2.75, 3.05) is 18.1 Å². The monoisotopic (exact) mass is 247 g/mol. The van der Waals surface area contributed by atoms with Gasteiger partial charge in [0.2, 0.25) is 0 Å².